The lowest BCUT2D eigenvalue weighted by Gasteiger charge is -2.03. The van der Waals surface area contributed by atoms with Crippen LogP contribution in [0.1, 0.15) is 19.4 Å². The van der Waals surface area contributed by atoms with Crippen molar-refractivity contribution in [1.29, 1.82) is 0 Å². The van der Waals surface area contributed by atoms with Crippen LogP contribution in [-0.2, 0) is 6.42 Å². The van der Waals surface area contributed by atoms with Crippen molar-refractivity contribution in [3.8, 4) is 0 Å². The lowest BCUT2D eigenvalue weighted by atomic mass is 10.0. The molecule has 0 atom stereocenters. The maximum absolute atomic E-state index is 6.04. The standard InChI is InChI=1S/C10H13ClN4/c1-5(2)3-6-4-13-9-7(6)8(11)14-10(12)15-9/h4-5H,3H2,1-2H3,(H3,12,13,14,15). The normalized spacial score (nSPS) is 11.5. The number of halogens is 1. The first-order valence-corrected chi connectivity index (χ1v) is 5.24. The molecule has 3 N–H and O–H groups in total. The molecular weight excluding hydrogens is 212 g/mol. The van der Waals surface area contributed by atoms with Gasteiger partial charge in [-0.15, -0.1) is 0 Å². The Hall–Kier alpha value is -1.29. The summed E-state index contributed by atoms with van der Waals surface area (Å²) in [7, 11) is 0. The highest BCUT2D eigenvalue weighted by atomic mass is 35.5. The van der Waals surface area contributed by atoms with Crippen molar-refractivity contribution in [2.75, 3.05) is 5.73 Å². The van der Waals surface area contributed by atoms with E-state index in [0.717, 1.165) is 17.4 Å². The molecule has 5 heteroatoms. The Morgan fingerprint density at radius 1 is 1.47 bits per heavy atom. The van der Waals surface area contributed by atoms with Gasteiger partial charge in [-0.1, -0.05) is 25.4 Å². The van der Waals surface area contributed by atoms with E-state index in [4.69, 9.17) is 17.3 Å². The number of aromatic nitrogens is 3. The van der Waals surface area contributed by atoms with Crippen LogP contribution in [0.5, 0.6) is 0 Å². The molecule has 0 saturated carbocycles. The third kappa shape index (κ3) is 1.90. The number of nitrogens with zero attached hydrogens (tertiary/aromatic N) is 2. The molecule has 0 saturated heterocycles. The van der Waals surface area contributed by atoms with E-state index in [-0.39, 0.29) is 5.95 Å². The van der Waals surface area contributed by atoms with Crippen LogP contribution in [0.3, 0.4) is 0 Å². The van der Waals surface area contributed by atoms with Crippen LogP contribution in [0, 0.1) is 5.92 Å². The number of nitrogens with one attached hydrogen (secondary N) is 1. The zero-order valence-electron chi connectivity index (χ0n) is 8.71. The molecule has 2 aromatic heterocycles. The van der Waals surface area contributed by atoms with E-state index in [0.29, 0.717) is 16.7 Å². The SMILES string of the molecule is CC(C)Cc1c[nH]c2nc(N)nc(Cl)c12. The smallest absolute Gasteiger partial charge is 0.223 e. The van der Waals surface area contributed by atoms with E-state index in [9.17, 15) is 0 Å². The molecule has 0 amide bonds. The molecule has 0 fully saturated rings. The third-order valence-corrected chi connectivity index (χ3v) is 2.49. The Balaban J connectivity index is 2.58. The molecular formula is C10H13ClN4. The Labute approximate surface area is 92.9 Å². The molecule has 0 aliphatic rings. The number of nitrogens with two attached hydrogens (primary N) is 1. The second-order valence-electron chi connectivity index (χ2n) is 4.01. The Bertz CT molecular complexity index is 489. The van der Waals surface area contributed by atoms with E-state index in [1.807, 2.05) is 6.20 Å². The van der Waals surface area contributed by atoms with Gasteiger partial charge in [0, 0.05) is 6.20 Å². The van der Waals surface area contributed by atoms with E-state index < -0.39 is 0 Å². The van der Waals surface area contributed by atoms with E-state index in [1.165, 1.54) is 0 Å². The fourth-order valence-electron chi connectivity index (χ4n) is 1.67. The molecule has 80 valence electrons. The summed E-state index contributed by atoms with van der Waals surface area (Å²) in [5.41, 5.74) is 7.36. The monoisotopic (exact) mass is 224 g/mol. The van der Waals surface area contributed by atoms with Crippen molar-refractivity contribution in [2.24, 2.45) is 5.92 Å². The van der Waals surface area contributed by atoms with Gasteiger partial charge >= 0.3 is 0 Å². The van der Waals surface area contributed by atoms with Crippen LogP contribution in [0.4, 0.5) is 5.95 Å². The minimum atomic E-state index is 0.199. The first-order chi connectivity index (χ1) is 7.08. The van der Waals surface area contributed by atoms with Crippen LogP contribution in [0.2, 0.25) is 5.15 Å². The predicted molar refractivity (Wildman–Crippen MR) is 61.9 cm³/mol. The van der Waals surface area contributed by atoms with Gasteiger partial charge in [-0.2, -0.15) is 4.98 Å². The van der Waals surface area contributed by atoms with Crippen LogP contribution in [0.15, 0.2) is 6.20 Å². The molecule has 2 heterocycles. The molecule has 0 aliphatic heterocycles. The minimum absolute atomic E-state index is 0.199. The Kier molecular flexibility index (Phi) is 2.52. The quantitative estimate of drug-likeness (QED) is 0.770. The van der Waals surface area contributed by atoms with Crippen molar-refractivity contribution in [2.45, 2.75) is 20.3 Å². The second-order valence-corrected chi connectivity index (χ2v) is 4.37. The Morgan fingerprint density at radius 2 is 2.20 bits per heavy atom. The third-order valence-electron chi connectivity index (χ3n) is 2.21. The van der Waals surface area contributed by atoms with Crippen LogP contribution < -0.4 is 5.73 Å². The van der Waals surface area contributed by atoms with E-state index in [2.05, 4.69) is 28.8 Å². The highest BCUT2D eigenvalue weighted by Crippen LogP contribution is 2.26. The fourth-order valence-corrected chi connectivity index (χ4v) is 1.96. The maximum atomic E-state index is 6.04. The van der Waals surface area contributed by atoms with Gasteiger partial charge in [0.15, 0.2) is 0 Å². The van der Waals surface area contributed by atoms with Crippen LogP contribution >= 0.6 is 11.6 Å². The van der Waals surface area contributed by atoms with Gasteiger partial charge < -0.3 is 10.7 Å². The number of fused-ring (bicyclic) bond motifs is 1. The average Bonchev–Trinajstić information content (AvgIpc) is 2.46. The summed E-state index contributed by atoms with van der Waals surface area (Å²) in [6.45, 7) is 4.32. The minimum Gasteiger partial charge on any atom is -0.368 e. The maximum Gasteiger partial charge on any atom is 0.223 e. The van der Waals surface area contributed by atoms with Crippen molar-refractivity contribution in [3.63, 3.8) is 0 Å². The molecule has 0 spiro atoms. The average molecular weight is 225 g/mol. The first kappa shape index (κ1) is 10.2. The number of aromatic amines is 1. The van der Waals surface area contributed by atoms with Gasteiger partial charge in [0.2, 0.25) is 5.95 Å². The molecule has 2 rings (SSSR count). The molecule has 0 aromatic carbocycles. The summed E-state index contributed by atoms with van der Waals surface area (Å²) >= 11 is 6.04. The van der Waals surface area contributed by atoms with E-state index >= 15 is 0 Å². The zero-order valence-corrected chi connectivity index (χ0v) is 9.47. The van der Waals surface area contributed by atoms with Crippen molar-refractivity contribution in [3.05, 3.63) is 16.9 Å². The zero-order chi connectivity index (χ0) is 11.0. The lowest BCUT2D eigenvalue weighted by molar-refractivity contribution is 0.650. The van der Waals surface area contributed by atoms with Crippen molar-refractivity contribution >= 4 is 28.6 Å². The number of nitrogen functional groups attached to an aromatic ring is 1. The van der Waals surface area contributed by atoms with Crippen molar-refractivity contribution < 1.29 is 0 Å². The molecule has 2 aromatic rings. The largest absolute Gasteiger partial charge is 0.368 e. The molecule has 0 aliphatic carbocycles. The highest BCUT2D eigenvalue weighted by Gasteiger charge is 2.11. The molecule has 0 bridgehead atoms. The van der Waals surface area contributed by atoms with Crippen molar-refractivity contribution in [1.82, 2.24) is 15.0 Å². The number of H-pyrrole nitrogens is 1. The summed E-state index contributed by atoms with van der Waals surface area (Å²) in [6.07, 6.45) is 2.87. The van der Waals surface area contributed by atoms with Gasteiger partial charge in [-0.3, -0.25) is 0 Å². The number of rotatable bonds is 2. The lowest BCUT2D eigenvalue weighted by Crippen LogP contribution is -1.97. The number of hydrogen-bond donors (Lipinski definition) is 2. The molecule has 15 heavy (non-hydrogen) atoms. The summed E-state index contributed by atoms with van der Waals surface area (Å²) in [5, 5.41) is 1.31. The van der Waals surface area contributed by atoms with E-state index in [1.54, 1.807) is 0 Å². The molecule has 0 unspecified atom stereocenters. The predicted octanol–water partition coefficient (Wildman–Crippen LogP) is 2.39. The Morgan fingerprint density at radius 3 is 2.87 bits per heavy atom. The number of hydrogen-bond acceptors (Lipinski definition) is 3. The van der Waals surface area contributed by atoms with Gasteiger partial charge in [0.25, 0.3) is 0 Å². The van der Waals surface area contributed by atoms with Gasteiger partial charge in [0.05, 0.1) is 5.39 Å². The summed E-state index contributed by atoms with van der Waals surface area (Å²) in [4.78, 5) is 11.1. The van der Waals surface area contributed by atoms with Gasteiger partial charge in [-0.05, 0) is 17.9 Å². The second kappa shape index (κ2) is 3.70. The van der Waals surface area contributed by atoms with Gasteiger partial charge in [-0.25, -0.2) is 4.98 Å². The van der Waals surface area contributed by atoms with Crippen LogP contribution in [-0.4, -0.2) is 15.0 Å². The summed E-state index contributed by atoms with van der Waals surface area (Å²) in [5.74, 6) is 0.767. The number of anilines is 1. The topological polar surface area (TPSA) is 67.6 Å². The fraction of sp³-hybridized carbons (Fsp3) is 0.400. The highest BCUT2D eigenvalue weighted by molar-refractivity contribution is 6.34. The van der Waals surface area contributed by atoms with Crippen LogP contribution in [0.25, 0.3) is 11.0 Å². The molecule has 0 radical (unpaired) electrons. The van der Waals surface area contributed by atoms with Gasteiger partial charge in [0.1, 0.15) is 10.8 Å². The molecule has 4 nitrogen and oxygen atoms in total. The summed E-state index contributed by atoms with van der Waals surface area (Å²) < 4.78 is 0. The summed E-state index contributed by atoms with van der Waals surface area (Å²) in [6, 6.07) is 0. The first-order valence-electron chi connectivity index (χ1n) is 4.87.